The van der Waals surface area contributed by atoms with E-state index >= 15 is 0 Å². The van der Waals surface area contributed by atoms with Gasteiger partial charge in [0.05, 0.1) is 66.2 Å². The Morgan fingerprint density at radius 3 is 2.23 bits per heavy atom. The Morgan fingerprint density at radius 2 is 1.31 bits per heavy atom. The van der Waals surface area contributed by atoms with Crippen molar-refractivity contribution in [1.82, 2.24) is 11.7 Å². The van der Waals surface area contributed by atoms with E-state index in [4.69, 9.17) is 0 Å². The zero-order chi connectivity index (χ0) is 22.8. The molecule has 35 heavy (non-hydrogen) atoms. The third-order valence-corrected chi connectivity index (χ3v) is 9.54. The van der Waals surface area contributed by atoms with Gasteiger partial charge in [-0.25, -0.2) is 0 Å². The average molecular weight is 577 g/mol. The molecule has 0 amide bonds. The maximum absolute atomic E-state index is 2.55. The fourth-order valence-electron chi connectivity index (χ4n) is 6.27. The quantitative estimate of drug-likeness (QED) is 0.173. The molecule has 0 fully saturated rings. The van der Waals surface area contributed by atoms with E-state index < -0.39 is 0 Å². The van der Waals surface area contributed by atoms with Crippen LogP contribution in [0, 0.1) is 0 Å². The maximum Gasteiger partial charge on any atom is 0.0804 e. The van der Waals surface area contributed by atoms with Crippen LogP contribution >= 0.6 is 34.2 Å². The topological polar surface area (TPSA) is 14.3 Å². The van der Waals surface area contributed by atoms with Crippen LogP contribution in [0.4, 0.5) is 0 Å². The Kier molecular flexibility index (Phi) is 3.40. The molecule has 0 saturated heterocycles. The van der Waals surface area contributed by atoms with Gasteiger partial charge in [-0.1, -0.05) is 48.5 Å². The number of para-hydroxylation sites is 2. The van der Waals surface area contributed by atoms with Crippen LogP contribution in [-0.2, 0) is 0 Å². The van der Waals surface area contributed by atoms with Crippen molar-refractivity contribution in [3.8, 4) is 5.69 Å². The molecule has 0 N–H and O–H groups in total. The second kappa shape index (κ2) is 6.36. The Labute approximate surface area is 217 Å². The summed E-state index contributed by atoms with van der Waals surface area (Å²) in [6.45, 7) is 0. The molecule has 3 nitrogen and oxygen atoms in total. The Morgan fingerprint density at radius 1 is 0.543 bits per heavy atom. The van der Waals surface area contributed by atoms with Gasteiger partial charge in [-0.2, -0.15) is 0 Å². The Bertz CT molecular complexity index is 2280. The average Bonchev–Trinajstić information content (AvgIpc) is 3.62. The molecular weight excluding hydrogens is 561 g/mol. The fourth-order valence-corrected chi connectivity index (χ4v) is 7.98. The van der Waals surface area contributed by atoms with E-state index in [0.717, 1.165) is 0 Å². The van der Waals surface area contributed by atoms with Crippen molar-refractivity contribution >= 4 is 104 Å². The molecule has 0 aliphatic heterocycles. The number of hydrogen-bond donors (Lipinski definition) is 0. The molecule has 4 aromatic carbocycles. The lowest BCUT2D eigenvalue weighted by Crippen LogP contribution is -1.93. The van der Waals surface area contributed by atoms with E-state index in [1.54, 1.807) is 0 Å². The fraction of sp³-hybridized carbons (Fsp3) is 0. The number of benzene rings is 4. The second-order valence-electron chi connectivity index (χ2n) is 9.19. The van der Waals surface area contributed by atoms with Gasteiger partial charge in [0, 0.05) is 32.6 Å². The molecule has 0 aliphatic rings. The minimum absolute atomic E-state index is 1.18. The maximum atomic E-state index is 2.55. The van der Waals surface area contributed by atoms with Crippen molar-refractivity contribution in [2.24, 2.45) is 0 Å². The normalized spacial score (nSPS) is 12.7. The summed E-state index contributed by atoms with van der Waals surface area (Å²) in [7, 11) is 0. The second-order valence-corrected chi connectivity index (χ2v) is 11.1. The summed E-state index contributed by atoms with van der Waals surface area (Å²) in [6, 6.07) is 33.3. The predicted octanol–water partition coefficient (Wildman–Crippen LogP) is 9.15. The van der Waals surface area contributed by atoms with Crippen molar-refractivity contribution in [2.75, 3.05) is 0 Å². The van der Waals surface area contributed by atoms with Crippen molar-refractivity contribution in [3.63, 3.8) is 0 Å². The summed E-state index contributed by atoms with van der Waals surface area (Å²) < 4.78 is 8.71. The number of halogens is 1. The lowest BCUT2D eigenvalue weighted by molar-refractivity contribution is 1.18. The third kappa shape index (κ3) is 2.10. The lowest BCUT2D eigenvalue weighted by Gasteiger charge is -2.08. The van der Waals surface area contributed by atoms with Gasteiger partial charge in [0.15, 0.2) is 0 Å². The van der Waals surface area contributed by atoms with Crippen LogP contribution in [0.5, 0.6) is 0 Å². The highest BCUT2D eigenvalue weighted by Gasteiger charge is 2.25. The smallest absolute Gasteiger partial charge is 0.0804 e. The Hall–Kier alpha value is -3.55. The SMILES string of the molecule is In1c2cccc3c2c2c1ccc1c4sccc4n(c12)c1c2ccccc2n(-c2ccccc2)c31. The first kappa shape index (κ1) is 18.7. The van der Waals surface area contributed by atoms with Gasteiger partial charge in [-0.05, 0) is 47.8 Å². The number of aromatic nitrogens is 3. The van der Waals surface area contributed by atoms with Crippen LogP contribution in [0.15, 0.2) is 96.4 Å². The first-order valence-electron chi connectivity index (χ1n) is 11.7. The predicted molar refractivity (Wildman–Crippen MR) is 158 cm³/mol. The first-order valence-corrected chi connectivity index (χ1v) is 13.5. The highest BCUT2D eigenvalue weighted by Crippen LogP contribution is 2.47. The molecule has 0 saturated carbocycles. The minimum atomic E-state index is 1.18. The molecule has 9 rings (SSSR count). The summed E-state index contributed by atoms with van der Waals surface area (Å²) in [5, 5.41) is 8.82. The largest absolute Gasteiger partial charge is 0.307 e. The third-order valence-electron chi connectivity index (χ3n) is 7.57. The van der Waals surface area contributed by atoms with Gasteiger partial charge in [0.1, 0.15) is 0 Å². The van der Waals surface area contributed by atoms with Gasteiger partial charge in [0.25, 0.3) is 0 Å². The van der Waals surface area contributed by atoms with Crippen molar-refractivity contribution in [3.05, 3.63) is 96.4 Å². The molecule has 164 valence electrons. The Balaban J connectivity index is 1.79. The lowest BCUT2D eigenvalue weighted by atomic mass is 10.1. The molecule has 9 aromatic rings. The number of rotatable bonds is 1. The van der Waals surface area contributed by atoms with Crippen LogP contribution in [0.2, 0.25) is 0 Å². The van der Waals surface area contributed by atoms with E-state index in [1.165, 1.54) is 75.9 Å². The molecule has 0 bridgehead atoms. The zero-order valence-corrected chi connectivity index (χ0v) is 21.3. The van der Waals surface area contributed by atoms with E-state index in [1.807, 2.05) is 11.3 Å². The monoisotopic (exact) mass is 577 g/mol. The molecule has 5 heterocycles. The van der Waals surface area contributed by atoms with Gasteiger partial charge in [-0.15, -0.1) is 11.3 Å². The van der Waals surface area contributed by atoms with Crippen molar-refractivity contribution < 1.29 is 0 Å². The molecule has 0 aliphatic carbocycles. The summed E-state index contributed by atoms with van der Waals surface area (Å²) in [5.41, 5.74) is 10.1. The first-order chi connectivity index (χ1) is 17.3. The molecule has 0 atom stereocenters. The number of nitrogens with zero attached hydrogens (tertiary/aromatic N) is 3. The van der Waals surface area contributed by atoms with E-state index in [2.05, 4.69) is 131 Å². The summed E-state index contributed by atoms with van der Waals surface area (Å²) in [4.78, 5) is 0. The summed E-state index contributed by atoms with van der Waals surface area (Å²) in [5.74, 6) is 0. The van der Waals surface area contributed by atoms with Crippen LogP contribution in [0.25, 0.3) is 75.9 Å². The molecule has 5 aromatic heterocycles. The molecule has 0 radical (unpaired) electrons. The number of thiophene rings is 1. The van der Waals surface area contributed by atoms with Gasteiger partial charge >= 0.3 is 0 Å². The van der Waals surface area contributed by atoms with Crippen molar-refractivity contribution in [2.45, 2.75) is 0 Å². The minimum Gasteiger partial charge on any atom is -0.307 e. The van der Waals surface area contributed by atoms with E-state index in [-0.39, 0.29) is 0 Å². The zero-order valence-electron chi connectivity index (χ0n) is 18.4. The van der Waals surface area contributed by atoms with Crippen LogP contribution in [0.1, 0.15) is 0 Å². The van der Waals surface area contributed by atoms with E-state index in [9.17, 15) is 0 Å². The highest BCUT2D eigenvalue weighted by atomic mass is 127. The van der Waals surface area contributed by atoms with Gasteiger partial charge in [-0.3, -0.25) is 2.78 Å². The van der Waals surface area contributed by atoms with Crippen LogP contribution in [0.3, 0.4) is 0 Å². The standard InChI is InChI=1S/C30H16IN3S/c31-34-22-12-6-10-19-25(22)26-23(34)14-13-20-27(26)33(24-15-16-35-30(20)24)28-18-9-4-5-11-21(18)32(29(19)28)17-7-2-1-3-8-17/h1-16H. The van der Waals surface area contributed by atoms with E-state index in [0.29, 0.717) is 0 Å². The summed E-state index contributed by atoms with van der Waals surface area (Å²) in [6.07, 6.45) is 0. The summed E-state index contributed by atoms with van der Waals surface area (Å²) >= 11 is 4.31. The molecule has 0 unspecified atom stereocenters. The molecule has 0 spiro atoms. The number of fused-ring (bicyclic) bond motifs is 8. The van der Waals surface area contributed by atoms with Gasteiger partial charge < -0.3 is 8.97 Å². The molecule has 5 heteroatoms. The van der Waals surface area contributed by atoms with Crippen LogP contribution in [-0.4, -0.2) is 11.7 Å². The molecular formula is C30H16IN3S. The van der Waals surface area contributed by atoms with Crippen molar-refractivity contribution in [1.29, 1.82) is 0 Å². The van der Waals surface area contributed by atoms with Crippen LogP contribution < -0.4 is 0 Å². The van der Waals surface area contributed by atoms with Gasteiger partial charge in [0.2, 0.25) is 0 Å². The highest BCUT2D eigenvalue weighted by molar-refractivity contribution is 14.1. The number of hydrogen-bond acceptors (Lipinski definition) is 1.